The Kier molecular flexibility index (Phi) is 3.57. The number of aryl methyl sites for hydroxylation is 1. The SMILES string of the molecule is CC(=NO)c1ccccc1OCc1ncnn1C. The molecule has 0 saturated carbocycles. The zero-order chi connectivity index (χ0) is 13.0. The largest absolute Gasteiger partial charge is 0.485 e. The van der Waals surface area contributed by atoms with Crippen LogP contribution in [-0.4, -0.2) is 25.7 Å². The molecule has 0 aliphatic carbocycles. The molecular weight excluding hydrogens is 232 g/mol. The number of aromatic nitrogens is 3. The van der Waals surface area contributed by atoms with Gasteiger partial charge in [-0.3, -0.25) is 4.68 Å². The number of hydrogen-bond acceptors (Lipinski definition) is 5. The standard InChI is InChI=1S/C12H14N4O2/c1-9(15-17)10-5-3-4-6-11(10)18-7-12-13-8-14-16(12)2/h3-6,8,17H,7H2,1-2H3. The van der Waals surface area contributed by atoms with E-state index in [0.29, 0.717) is 18.1 Å². The number of hydrogen-bond donors (Lipinski definition) is 1. The van der Waals surface area contributed by atoms with E-state index in [-0.39, 0.29) is 0 Å². The first-order valence-corrected chi connectivity index (χ1v) is 5.46. The Bertz CT molecular complexity index is 563. The Morgan fingerprint density at radius 1 is 1.44 bits per heavy atom. The molecule has 1 heterocycles. The van der Waals surface area contributed by atoms with E-state index in [9.17, 15) is 0 Å². The Labute approximate surface area is 105 Å². The summed E-state index contributed by atoms with van der Waals surface area (Å²) in [5.74, 6) is 1.37. The molecule has 0 amide bonds. The molecule has 0 fully saturated rings. The molecule has 0 aliphatic rings. The van der Waals surface area contributed by atoms with Crippen molar-refractivity contribution in [3.05, 3.63) is 42.0 Å². The van der Waals surface area contributed by atoms with Crippen LogP contribution in [0.1, 0.15) is 18.3 Å². The molecule has 94 valence electrons. The van der Waals surface area contributed by atoms with Crippen LogP contribution in [0, 0.1) is 0 Å². The summed E-state index contributed by atoms with van der Waals surface area (Å²) in [5, 5.41) is 16.0. The summed E-state index contributed by atoms with van der Waals surface area (Å²) < 4.78 is 7.32. The molecule has 6 nitrogen and oxygen atoms in total. The molecule has 0 aliphatic heterocycles. The fourth-order valence-electron chi connectivity index (χ4n) is 1.54. The quantitative estimate of drug-likeness (QED) is 0.505. The van der Waals surface area contributed by atoms with Crippen LogP contribution in [0.25, 0.3) is 0 Å². The van der Waals surface area contributed by atoms with Gasteiger partial charge < -0.3 is 9.94 Å². The van der Waals surface area contributed by atoms with Gasteiger partial charge in [-0.2, -0.15) is 5.10 Å². The summed E-state index contributed by atoms with van der Waals surface area (Å²) in [7, 11) is 1.80. The van der Waals surface area contributed by atoms with Gasteiger partial charge in [-0.05, 0) is 19.1 Å². The van der Waals surface area contributed by atoms with Gasteiger partial charge >= 0.3 is 0 Å². The molecule has 2 aromatic rings. The normalized spacial score (nSPS) is 11.6. The molecule has 0 saturated heterocycles. The van der Waals surface area contributed by atoms with Crippen LogP contribution < -0.4 is 4.74 Å². The van der Waals surface area contributed by atoms with Gasteiger partial charge in [0.25, 0.3) is 0 Å². The average molecular weight is 246 g/mol. The van der Waals surface area contributed by atoms with E-state index in [1.807, 2.05) is 24.3 Å². The third-order valence-electron chi connectivity index (χ3n) is 2.59. The summed E-state index contributed by atoms with van der Waals surface area (Å²) in [6, 6.07) is 7.38. The number of rotatable bonds is 4. The molecule has 0 radical (unpaired) electrons. The van der Waals surface area contributed by atoms with E-state index >= 15 is 0 Å². The molecule has 0 bridgehead atoms. The van der Waals surface area contributed by atoms with Gasteiger partial charge in [0.2, 0.25) is 0 Å². The first-order valence-electron chi connectivity index (χ1n) is 5.46. The van der Waals surface area contributed by atoms with Crippen molar-refractivity contribution >= 4 is 5.71 Å². The van der Waals surface area contributed by atoms with Crippen LogP contribution in [0.2, 0.25) is 0 Å². The van der Waals surface area contributed by atoms with Crippen molar-refractivity contribution in [2.75, 3.05) is 0 Å². The molecule has 1 aromatic carbocycles. The van der Waals surface area contributed by atoms with Crippen LogP contribution in [0.4, 0.5) is 0 Å². The van der Waals surface area contributed by atoms with E-state index in [2.05, 4.69) is 15.2 Å². The van der Waals surface area contributed by atoms with Gasteiger partial charge in [0.1, 0.15) is 18.7 Å². The summed E-state index contributed by atoms with van der Waals surface area (Å²) in [4.78, 5) is 4.07. The van der Waals surface area contributed by atoms with Crippen molar-refractivity contribution in [2.45, 2.75) is 13.5 Å². The van der Waals surface area contributed by atoms with Crippen LogP contribution >= 0.6 is 0 Å². The van der Waals surface area contributed by atoms with Crippen molar-refractivity contribution < 1.29 is 9.94 Å². The topological polar surface area (TPSA) is 72.5 Å². The maximum atomic E-state index is 8.81. The Morgan fingerprint density at radius 2 is 2.22 bits per heavy atom. The predicted octanol–water partition coefficient (Wildman–Crippen LogP) is 1.59. The molecule has 0 spiro atoms. The lowest BCUT2D eigenvalue weighted by Gasteiger charge is -2.09. The number of para-hydroxylation sites is 1. The molecule has 6 heteroatoms. The van der Waals surface area contributed by atoms with E-state index in [4.69, 9.17) is 9.94 Å². The molecule has 1 aromatic heterocycles. The van der Waals surface area contributed by atoms with Crippen LogP contribution in [0.15, 0.2) is 35.7 Å². The lowest BCUT2D eigenvalue weighted by atomic mass is 10.1. The van der Waals surface area contributed by atoms with Crippen molar-refractivity contribution in [3.63, 3.8) is 0 Å². The third kappa shape index (κ3) is 2.48. The van der Waals surface area contributed by atoms with Crippen molar-refractivity contribution in [3.8, 4) is 5.75 Å². The maximum absolute atomic E-state index is 8.81. The Balaban J connectivity index is 2.17. The Hall–Kier alpha value is -2.37. The highest BCUT2D eigenvalue weighted by molar-refractivity contribution is 6.00. The van der Waals surface area contributed by atoms with Crippen LogP contribution in [-0.2, 0) is 13.7 Å². The number of oxime groups is 1. The maximum Gasteiger partial charge on any atom is 0.164 e. The van der Waals surface area contributed by atoms with E-state index in [1.54, 1.807) is 18.7 Å². The third-order valence-corrected chi connectivity index (χ3v) is 2.59. The predicted molar refractivity (Wildman–Crippen MR) is 65.8 cm³/mol. The first-order chi connectivity index (χ1) is 8.72. The fraction of sp³-hybridized carbons (Fsp3) is 0.250. The smallest absolute Gasteiger partial charge is 0.164 e. The molecular formula is C12H14N4O2. The van der Waals surface area contributed by atoms with E-state index in [0.717, 1.165) is 11.4 Å². The highest BCUT2D eigenvalue weighted by Gasteiger charge is 2.08. The molecule has 1 N–H and O–H groups in total. The van der Waals surface area contributed by atoms with Crippen molar-refractivity contribution in [1.29, 1.82) is 0 Å². The fourth-order valence-corrected chi connectivity index (χ4v) is 1.54. The summed E-state index contributed by atoms with van der Waals surface area (Å²) in [6.07, 6.45) is 1.48. The molecule has 0 atom stereocenters. The minimum Gasteiger partial charge on any atom is -0.485 e. The van der Waals surface area contributed by atoms with Gasteiger partial charge in [0.05, 0.1) is 5.71 Å². The second kappa shape index (κ2) is 5.31. The summed E-state index contributed by atoms with van der Waals surface area (Å²) in [6.45, 7) is 2.02. The lowest BCUT2D eigenvalue weighted by molar-refractivity contribution is 0.288. The number of benzene rings is 1. The molecule has 2 rings (SSSR count). The first kappa shape index (κ1) is 12.1. The highest BCUT2D eigenvalue weighted by atomic mass is 16.5. The number of ether oxygens (including phenoxy) is 1. The Morgan fingerprint density at radius 3 is 2.89 bits per heavy atom. The van der Waals surface area contributed by atoms with Gasteiger partial charge in [0, 0.05) is 12.6 Å². The van der Waals surface area contributed by atoms with Gasteiger partial charge in [-0.25, -0.2) is 4.98 Å². The highest BCUT2D eigenvalue weighted by Crippen LogP contribution is 2.19. The second-order valence-electron chi connectivity index (χ2n) is 3.77. The zero-order valence-electron chi connectivity index (χ0n) is 10.2. The average Bonchev–Trinajstić information content (AvgIpc) is 2.81. The van der Waals surface area contributed by atoms with Gasteiger partial charge in [-0.1, -0.05) is 17.3 Å². The molecule has 18 heavy (non-hydrogen) atoms. The minimum absolute atomic E-state index is 0.312. The van der Waals surface area contributed by atoms with E-state index < -0.39 is 0 Å². The van der Waals surface area contributed by atoms with Crippen molar-refractivity contribution in [1.82, 2.24) is 14.8 Å². The van der Waals surface area contributed by atoms with Crippen LogP contribution in [0.5, 0.6) is 5.75 Å². The monoisotopic (exact) mass is 246 g/mol. The van der Waals surface area contributed by atoms with Crippen molar-refractivity contribution in [2.24, 2.45) is 12.2 Å². The zero-order valence-corrected chi connectivity index (χ0v) is 10.2. The van der Waals surface area contributed by atoms with Crippen LogP contribution in [0.3, 0.4) is 0 Å². The minimum atomic E-state index is 0.312. The summed E-state index contributed by atoms with van der Waals surface area (Å²) in [5.41, 5.74) is 1.26. The number of nitrogens with zero attached hydrogens (tertiary/aromatic N) is 4. The lowest BCUT2D eigenvalue weighted by Crippen LogP contribution is -2.07. The molecule has 0 unspecified atom stereocenters. The second-order valence-corrected chi connectivity index (χ2v) is 3.77. The van der Waals surface area contributed by atoms with Gasteiger partial charge in [0.15, 0.2) is 5.82 Å². The van der Waals surface area contributed by atoms with E-state index in [1.165, 1.54) is 6.33 Å². The summed E-state index contributed by atoms with van der Waals surface area (Å²) >= 11 is 0. The van der Waals surface area contributed by atoms with Gasteiger partial charge in [-0.15, -0.1) is 0 Å².